The van der Waals surface area contributed by atoms with Gasteiger partial charge in [0.25, 0.3) is 0 Å². The van der Waals surface area contributed by atoms with Gasteiger partial charge in [0.05, 0.1) is 18.8 Å². The van der Waals surface area contributed by atoms with Gasteiger partial charge in [-0.05, 0) is 18.4 Å². The third-order valence-electron chi connectivity index (χ3n) is 4.08. The summed E-state index contributed by atoms with van der Waals surface area (Å²) in [6, 6.07) is 10.3. The Hall–Kier alpha value is -1.61. The molecule has 0 spiro atoms. The van der Waals surface area contributed by atoms with E-state index in [2.05, 4.69) is 39.1 Å². The molecule has 2 N–H and O–H groups in total. The fraction of sp³-hybridized carbons (Fsp3) is 0.444. The number of benzene rings is 1. The van der Waals surface area contributed by atoms with Gasteiger partial charge in [-0.1, -0.05) is 30.3 Å². The van der Waals surface area contributed by atoms with Gasteiger partial charge in [0.15, 0.2) is 5.96 Å². The van der Waals surface area contributed by atoms with E-state index < -0.39 is 0 Å². The van der Waals surface area contributed by atoms with Gasteiger partial charge < -0.3 is 15.4 Å². The molecule has 0 radical (unpaired) electrons. The van der Waals surface area contributed by atoms with Crippen molar-refractivity contribution in [3.63, 3.8) is 0 Å². The van der Waals surface area contributed by atoms with Crippen molar-refractivity contribution < 1.29 is 4.74 Å². The highest BCUT2D eigenvalue weighted by atomic mass is 127. The number of nitrogens with zero attached hydrogens (tertiary/aromatic N) is 3. The molecule has 0 amide bonds. The number of hydrogen-bond acceptors (Lipinski definition) is 3. The summed E-state index contributed by atoms with van der Waals surface area (Å²) >= 11 is 0. The number of guanidine groups is 1. The Bertz CT molecular complexity index is 652. The molecule has 0 saturated carbocycles. The lowest BCUT2D eigenvalue weighted by molar-refractivity contribution is 0.114. The van der Waals surface area contributed by atoms with E-state index in [1.165, 1.54) is 5.56 Å². The first-order chi connectivity index (χ1) is 11.8. The zero-order valence-corrected chi connectivity index (χ0v) is 16.8. The molecule has 25 heavy (non-hydrogen) atoms. The Morgan fingerprint density at radius 3 is 2.84 bits per heavy atom. The van der Waals surface area contributed by atoms with Crippen LogP contribution >= 0.6 is 24.0 Å². The molecule has 0 aliphatic carbocycles. The van der Waals surface area contributed by atoms with E-state index in [1.807, 2.05) is 29.1 Å². The van der Waals surface area contributed by atoms with Crippen molar-refractivity contribution in [2.24, 2.45) is 4.99 Å². The van der Waals surface area contributed by atoms with Crippen molar-refractivity contribution in [3.8, 4) is 0 Å². The van der Waals surface area contributed by atoms with Crippen LogP contribution in [0.3, 0.4) is 0 Å². The van der Waals surface area contributed by atoms with E-state index in [0.29, 0.717) is 12.6 Å². The molecule has 7 heteroatoms. The van der Waals surface area contributed by atoms with Gasteiger partial charge in [0, 0.05) is 38.5 Å². The molecule has 2 heterocycles. The summed E-state index contributed by atoms with van der Waals surface area (Å²) in [5.74, 6) is 0.793. The van der Waals surface area contributed by atoms with Gasteiger partial charge in [-0.15, -0.1) is 24.0 Å². The first kappa shape index (κ1) is 19.7. The fourth-order valence-corrected chi connectivity index (χ4v) is 2.78. The molecule has 0 bridgehead atoms. The second-order valence-electron chi connectivity index (χ2n) is 5.97. The number of halogens is 1. The molecular weight excluding hydrogens is 429 g/mol. The van der Waals surface area contributed by atoms with Crippen LogP contribution in [0.25, 0.3) is 0 Å². The molecule has 1 aliphatic rings. The van der Waals surface area contributed by atoms with Crippen molar-refractivity contribution in [1.29, 1.82) is 0 Å². The van der Waals surface area contributed by atoms with Crippen LogP contribution in [0.5, 0.6) is 0 Å². The Morgan fingerprint density at radius 1 is 1.28 bits per heavy atom. The molecule has 2 aromatic rings. The molecule has 1 unspecified atom stereocenters. The molecule has 1 aromatic heterocycles. The normalized spacial score (nSPS) is 17.2. The molecule has 6 nitrogen and oxygen atoms in total. The quantitative estimate of drug-likeness (QED) is 0.399. The summed E-state index contributed by atoms with van der Waals surface area (Å²) in [5, 5.41) is 11.1. The molecule has 136 valence electrons. The van der Waals surface area contributed by atoms with Gasteiger partial charge in [-0.2, -0.15) is 5.10 Å². The Balaban J connectivity index is 0.00000225. The third kappa shape index (κ3) is 6.32. The molecule has 1 aliphatic heterocycles. The topological polar surface area (TPSA) is 63.5 Å². The zero-order valence-electron chi connectivity index (χ0n) is 14.5. The second-order valence-corrected chi connectivity index (χ2v) is 5.97. The third-order valence-corrected chi connectivity index (χ3v) is 4.08. The average Bonchev–Trinajstić information content (AvgIpc) is 3.28. The predicted molar refractivity (Wildman–Crippen MR) is 110 cm³/mol. The van der Waals surface area contributed by atoms with Crippen molar-refractivity contribution >= 4 is 29.9 Å². The van der Waals surface area contributed by atoms with Crippen molar-refractivity contribution in [3.05, 3.63) is 53.9 Å². The second kappa shape index (κ2) is 10.4. The van der Waals surface area contributed by atoms with Crippen LogP contribution in [0.15, 0.2) is 47.7 Å². The number of hydrogen-bond donors (Lipinski definition) is 2. The molecule has 1 fully saturated rings. The molecular formula is C18H26IN5O. The average molecular weight is 455 g/mol. The van der Waals surface area contributed by atoms with E-state index in [0.717, 1.165) is 44.1 Å². The van der Waals surface area contributed by atoms with E-state index in [1.54, 1.807) is 7.05 Å². The van der Waals surface area contributed by atoms with Crippen LogP contribution in [0.4, 0.5) is 0 Å². The summed E-state index contributed by atoms with van der Waals surface area (Å²) in [5.41, 5.74) is 2.38. The van der Waals surface area contributed by atoms with Gasteiger partial charge in [-0.25, -0.2) is 0 Å². The van der Waals surface area contributed by atoms with Gasteiger partial charge in [0.2, 0.25) is 0 Å². The van der Waals surface area contributed by atoms with E-state index in [4.69, 9.17) is 4.74 Å². The van der Waals surface area contributed by atoms with Crippen LogP contribution in [0, 0.1) is 0 Å². The summed E-state index contributed by atoms with van der Waals surface area (Å²) in [4.78, 5) is 4.25. The number of nitrogens with one attached hydrogen (secondary N) is 2. The number of ether oxygens (including phenoxy) is 1. The highest BCUT2D eigenvalue weighted by Gasteiger charge is 2.15. The summed E-state index contributed by atoms with van der Waals surface area (Å²) in [6.45, 7) is 3.15. The van der Waals surface area contributed by atoms with E-state index in [9.17, 15) is 0 Å². The maximum absolute atomic E-state index is 5.61. The molecule has 1 aromatic carbocycles. The maximum Gasteiger partial charge on any atom is 0.191 e. The highest BCUT2D eigenvalue weighted by Crippen LogP contribution is 2.10. The van der Waals surface area contributed by atoms with Crippen LogP contribution in [0.1, 0.15) is 24.0 Å². The smallest absolute Gasteiger partial charge is 0.191 e. The van der Waals surface area contributed by atoms with Crippen LogP contribution in [-0.4, -0.2) is 42.0 Å². The van der Waals surface area contributed by atoms with Crippen molar-refractivity contribution in [2.75, 3.05) is 20.2 Å². The molecule has 3 rings (SSSR count). The van der Waals surface area contributed by atoms with Gasteiger partial charge >= 0.3 is 0 Å². The first-order valence-corrected chi connectivity index (χ1v) is 8.45. The summed E-state index contributed by atoms with van der Waals surface area (Å²) in [7, 11) is 1.78. The number of aliphatic imine (C=N–C) groups is 1. The Kier molecular flexibility index (Phi) is 8.20. The molecule has 1 saturated heterocycles. The van der Waals surface area contributed by atoms with Gasteiger partial charge in [-0.3, -0.25) is 9.67 Å². The number of aromatic nitrogens is 2. The van der Waals surface area contributed by atoms with Crippen molar-refractivity contribution in [2.45, 2.75) is 32.0 Å². The SMILES string of the molecule is CN=C(NCc1cnn(Cc2ccccc2)c1)NCC1CCCO1.I. The highest BCUT2D eigenvalue weighted by molar-refractivity contribution is 14.0. The largest absolute Gasteiger partial charge is 0.376 e. The standard InChI is InChI=1S/C18H25N5O.HI/c1-19-18(21-12-17-8-5-9-24-17)20-10-16-11-22-23(14-16)13-15-6-3-2-4-7-15;/h2-4,6-7,11,14,17H,5,8-10,12-13H2,1H3,(H2,19,20,21);1H. The van der Waals surface area contributed by atoms with Crippen LogP contribution in [0.2, 0.25) is 0 Å². The zero-order chi connectivity index (χ0) is 16.6. The first-order valence-electron chi connectivity index (χ1n) is 8.45. The minimum absolute atomic E-state index is 0. The van der Waals surface area contributed by atoms with Crippen LogP contribution in [-0.2, 0) is 17.8 Å². The minimum Gasteiger partial charge on any atom is -0.376 e. The lowest BCUT2D eigenvalue weighted by atomic mass is 10.2. The monoisotopic (exact) mass is 455 g/mol. The lowest BCUT2D eigenvalue weighted by Crippen LogP contribution is -2.40. The van der Waals surface area contributed by atoms with Gasteiger partial charge in [0.1, 0.15) is 0 Å². The molecule has 1 atom stereocenters. The van der Waals surface area contributed by atoms with Crippen molar-refractivity contribution in [1.82, 2.24) is 20.4 Å². The predicted octanol–water partition coefficient (Wildman–Crippen LogP) is 2.39. The maximum atomic E-state index is 5.61. The Morgan fingerprint density at radius 2 is 2.12 bits per heavy atom. The van der Waals surface area contributed by atoms with E-state index >= 15 is 0 Å². The number of rotatable bonds is 6. The minimum atomic E-state index is 0. The fourth-order valence-electron chi connectivity index (χ4n) is 2.78. The van der Waals surface area contributed by atoms with Crippen LogP contribution < -0.4 is 10.6 Å². The summed E-state index contributed by atoms with van der Waals surface area (Å²) < 4.78 is 7.57. The summed E-state index contributed by atoms with van der Waals surface area (Å²) in [6.07, 6.45) is 6.53. The van der Waals surface area contributed by atoms with E-state index in [-0.39, 0.29) is 24.0 Å². The lowest BCUT2D eigenvalue weighted by Gasteiger charge is -2.14. The Labute approximate surface area is 166 Å².